The summed E-state index contributed by atoms with van der Waals surface area (Å²) in [5.41, 5.74) is 2.48. The molecule has 1 N–H and O–H groups in total. The molecule has 1 amide bonds. The van der Waals surface area contributed by atoms with Gasteiger partial charge in [-0.25, -0.2) is 8.42 Å². The van der Waals surface area contributed by atoms with E-state index in [4.69, 9.17) is 23.2 Å². The fraction of sp³-hybridized carbons (Fsp3) is 0.316. The summed E-state index contributed by atoms with van der Waals surface area (Å²) in [5, 5.41) is 3.43. The number of amides is 1. The molecule has 0 aliphatic carbocycles. The van der Waals surface area contributed by atoms with E-state index in [2.05, 4.69) is 5.32 Å². The molecule has 5 nitrogen and oxygen atoms in total. The number of anilines is 2. The zero-order valence-electron chi connectivity index (χ0n) is 15.6. The lowest BCUT2D eigenvalue weighted by Gasteiger charge is -2.31. The Morgan fingerprint density at radius 3 is 2.41 bits per heavy atom. The molecule has 27 heavy (non-hydrogen) atoms. The number of carbonyl (C=O) groups excluding carboxylic acids is 1. The quantitative estimate of drug-likeness (QED) is 0.718. The van der Waals surface area contributed by atoms with E-state index in [0.717, 1.165) is 17.4 Å². The van der Waals surface area contributed by atoms with Crippen molar-refractivity contribution in [1.29, 1.82) is 0 Å². The number of halogens is 2. The van der Waals surface area contributed by atoms with Crippen molar-refractivity contribution >= 4 is 50.5 Å². The van der Waals surface area contributed by atoms with Crippen molar-refractivity contribution in [2.45, 2.75) is 33.2 Å². The molecular weight excluding hydrogens is 407 g/mol. The second-order valence-electron chi connectivity index (χ2n) is 6.39. The Labute approximate surface area is 170 Å². The lowest BCUT2D eigenvalue weighted by molar-refractivity contribution is -0.117. The number of hydrogen-bond acceptors (Lipinski definition) is 3. The van der Waals surface area contributed by atoms with Crippen LogP contribution in [0.2, 0.25) is 10.0 Å². The van der Waals surface area contributed by atoms with E-state index in [-0.39, 0.29) is 6.42 Å². The molecule has 0 saturated heterocycles. The van der Waals surface area contributed by atoms with Crippen LogP contribution in [-0.2, 0) is 14.8 Å². The van der Waals surface area contributed by atoms with Crippen LogP contribution in [0.4, 0.5) is 11.4 Å². The van der Waals surface area contributed by atoms with Crippen molar-refractivity contribution in [3.8, 4) is 0 Å². The van der Waals surface area contributed by atoms with Crippen LogP contribution in [0.5, 0.6) is 0 Å². The molecule has 2 aromatic rings. The van der Waals surface area contributed by atoms with Gasteiger partial charge >= 0.3 is 0 Å². The maximum absolute atomic E-state index is 12.9. The zero-order chi connectivity index (χ0) is 20.4. The van der Waals surface area contributed by atoms with E-state index in [9.17, 15) is 13.2 Å². The fourth-order valence-corrected chi connectivity index (χ4v) is 4.40. The van der Waals surface area contributed by atoms with Crippen LogP contribution in [0.1, 0.15) is 24.5 Å². The molecule has 0 aliphatic rings. The highest BCUT2D eigenvalue weighted by Gasteiger charge is 2.32. The van der Waals surface area contributed by atoms with Crippen molar-refractivity contribution in [1.82, 2.24) is 0 Å². The van der Waals surface area contributed by atoms with Gasteiger partial charge in [-0.05, 0) is 55.7 Å². The highest BCUT2D eigenvalue weighted by Crippen LogP contribution is 2.29. The molecule has 0 bridgehead atoms. The summed E-state index contributed by atoms with van der Waals surface area (Å²) in [6.45, 7) is 5.44. The van der Waals surface area contributed by atoms with Gasteiger partial charge in [-0.15, -0.1) is 0 Å². The van der Waals surface area contributed by atoms with Crippen LogP contribution < -0.4 is 9.62 Å². The summed E-state index contributed by atoms with van der Waals surface area (Å²) >= 11 is 12.1. The topological polar surface area (TPSA) is 66.5 Å². The van der Waals surface area contributed by atoms with Gasteiger partial charge in [-0.3, -0.25) is 9.10 Å². The third-order valence-electron chi connectivity index (χ3n) is 4.12. The largest absolute Gasteiger partial charge is 0.323 e. The normalized spacial score (nSPS) is 12.5. The Kier molecular flexibility index (Phi) is 6.78. The van der Waals surface area contributed by atoms with Gasteiger partial charge in [0.25, 0.3) is 0 Å². The monoisotopic (exact) mass is 428 g/mol. The molecule has 8 heteroatoms. The Morgan fingerprint density at radius 1 is 1.15 bits per heavy atom. The maximum atomic E-state index is 12.9. The molecular formula is C19H22Cl2N2O3S. The number of benzene rings is 2. The van der Waals surface area contributed by atoms with Gasteiger partial charge in [0.05, 0.1) is 22.7 Å². The molecule has 1 unspecified atom stereocenters. The van der Waals surface area contributed by atoms with Gasteiger partial charge in [-0.1, -0.05) is 42.3 Å². The summed E-state index contributed by atoms with van der Waals surface area (Å²) in [6, 6.07) is 9.26. The molecule has 0 saturated carbocycles. The van der Waals surface area contributed by atoms with Crippen LogP contribution in [0.3, 0.4) is 0 Å². The Hall–Kier alpha value is -1.76. The Balaban J connectivity index is 2.48. The van der Waals surface area contributed by atoms with E-state index in [0.29, 0.717) is 21.4 Å². The highest BCUT2D eigenvalue weighted by atomic mass is 35.5. The molecule has 2 aromatic carbocycles. The SMILES string of the molecule is CCC(C(=O)Nc1cc(Cl)ccc1Cl)N(c1cc(C)ccc1C)S(C)(=O)=O. The summed E-state index contributed by atoms with van der Waals surface area (Å²) < 4.78 is 26.3. The number of rotatable bonds is 6. The number of carbonyl (C=O) groups is 1. The first-order valence-corrected chi connectivity index (χ1v) is 11.0. The summed E-state index contributed by atoms with van der Waals surface area (Å²) in [7, 11) is -3.71. The van der Waals surface area contributed by atoms with Gasteiger partial charge in [0.2, 0.25) is 15.9 Å². The molecule has 0 fully saturated rings. The Bertz CT molecular complexity index is 961. The second kappa shape index (κ2) is 8.50. The number of aryl methyl sites for hydroxylation is 2. The molecule has 0 heterocycles. The first kappa shape index (κ1) is 21.5. The number of sulfonamides is 1. The summed E-state index contributed by atoms with van der Waals surface area (Å²) in [6.07, 6.45) is 1.38. The molecule has 0 aliphatic heterocycles. The van der Waals surface area contributed by atoms with Crippen molar-refractivity contribution in [3.05, 3.63) is 57.6 Å². The summed E-state index contributed by atoms with van der Waals surface area (Å²) in [4.78, 5) is 12.9. The molecule has 0 spiro atoms. The molecule has 146 valence electrons. The van der Waals surface area contributed by atoms with E-state index in [1.54, 1.807) is 25.1 Å². The molecule has 0 aromatic heterocycles. The molecule has 1 atom stereocenters. The minimum atomic E-state index is -3.71. The van der Waals surface area contributed by atoms with Crippen LogP contribution >= 0.6 is 23.2 Å². The van der Waals surface area contributed by atoms with Gasteiger partial charge < -0.3 is 5.32 Å². The first-order chi connectivity index (χ1) is 12.5. The average Bonchev–Trinajstić information content (AvgIpc) is 2.57. The maximum Gasteiger partial charge on any atom is 0.248 e. The van der Waals surface area contributed by atoms with E-state index in [1.165, 1.54) is 10.4 Å². The van der Waals surface area contributed by atoms with Crippen molar-refractivity contribution in [2.75, 3.05) is 15.9 Å². The first-order valence-electron chi connectivity index (χ1n) is 8.37. The lowest BCUT2D eigenvalue weighted by Crippen LogP contribution is -2.47. The molecule has 2 rings (SSSR count). The van der Waals surface area contributed by atoms with Crippen LogP contribution in [-0.4, -0.2) is 26.6 Å². The zero-order valence-corrected chi connectivity index (χ0v) is 17.9. The average molecular weight is 429 g/mol. The van der Waals surface area contributed by atoms with Crippen LogP contribution in [0, 0.1) is 13.8 Å². The van der Waals surface area contributed by atoms with Crippen molar-refractivity contribution in [2.24, 2.45) is 0 Å². The summed E-state index contributed by atoms with van der Waals surface area (Å²) in [5.74, 6) is -0.479. The third kappa shape index (κ3) is 5.15. The number of nitrogens with zero attached hydrogens (tertiary/aromatic N) is 1. The van der Waals surface area contributed by atoms with E-state index < -0.39 is 22.0 Å². The van der Waals surface area contributed by atoms with Gasteiger partial charge in [-0.2, -0.15) is 0 Å². The van der Waals surface area contributed by atoms with Gasteiger partial charge in [0.15, 0.2) is 0 Å². The van der Waals surface area contributed by atoms with Gasteiger partial charge in [0, 0.05) is 5.02 Å². The standard InChI is InChI=1S/C19H22Cl2N2O3S/c1-5-17(19(24)22-16-11-14(20)8-9-15(16)21)23(27(4,25)26)18-10-12(2)6-7-13(18)3/h6-11,17H,5H2,1-4H3,(H,22,24). The number of nitrogens with one attached hydrogen (secondary N) is 1. The lowest BCUT2D eigenvalue weighted by atomic mass is 10.1. The highest BCUT2D eigenvalue weighted by molar-refractivity contribution is 7.92. The minimum Gasteiger partial charge on any atom is -0.323 e. The van der Waals surface area contributed by atoms with Crippen molar-refractivity contribution in [3.63, 3.8) is 0 Å². The fourth-order valence-electron chi connectivity index (χ4n) is 2.80. The minimum absolute atomic E-state index is 0.282. The van der Waals surface area contributed by atoms with Gasteiger partial charge in [0.1, 0.15) is 6.04 Å². The third-order valence-corrected chi connectivity index (χ3v) is 5.85. The number of hydrogen-bond donors (Lipinski definition) is 1. The second-order valence-corrected chi connectivity index (χ2v) is 9.09. The van der Waals surface area contributed by atoms with E-state index in [1.807, 2.05) is 26.0 Å². The molecule has 0 radical (unpaired) electrons. The van der Waals surface area contributed by atoms with Crippen LogP contribution in [0.15, 0.2) is 36.4 Å². The predicted molar refractivity (Wildman–Crippen MR) is 112 cm³/mol. The smallest absolute Gasteiger partial charge is 0.248 e. The van der Waals surface area contributed by atoms with Crippen LogP contribution in [0.25, 0.3) is 0 Å². The van der Waals surface area contributed by atoms with Crippen molar-refractivity contribution < 1.29 is 13.2 Å². The predicted octanol–water partition coefficient (Wildman–Crippen LogP) is 4.79. The van der Waals surface area contributed by atoms with E-state index >= 15 is 0 Å². The Morgan fingerprint density at radius 2 is 1.81 bits per heavy atom.